The predicted octanol–water partition coefficient (Wildman–Crippen LogP) is 4.53. The first-order valence-electron chi connectivity index (χ1n) is 12.1. The molecule has 1 aromatic carbocycles. The molecule has 2 saturated heterocycles. The van der Waals surface area contributed by atoms with Crippen molar-refractivity contribution in [1.29, 1.82) is 0 Å². The number of nitrogens with one attached hydrogen (secondary N) is 1. The van der Waals surface area contributed by atoms with Crippen molar-refractivity contribution >= 4 is 34.4 Å². The number of piperidine rings is 1. The molecule has 0 saturated carbocycles. The largest absolute Gasteiger partial charge is 0.380 e. The summed E-state index contributed by atoms with van der Waals surface area (Å²) >= 11 is 7.91. The van der Waals surface area contributed by atoms with Crippen LogP contribution in [0.15, 0.2) is 29.3 Å². The van der Waals surface area contributed by atoms with Gasteiger partial charge in [-0.1, -0.05) is 23.7 Å². The number of hydrogen-bond donors (Lipinski definition) is 1. The van der Waals surface area contributed by atoms with Crippen LogP contribution < -0.4 is 5.32 Å². The number of benzene rings is 1. The number of carbonyl (C=O) groups excluding carboxylic acids is 1. The molecule has 35 heavy (non-hydrogen) atoms. The molecule has 0 aliphatic carbocycles. The zero-order valence-electron chi connectivity index (χ0n) is 20.1. The van der Waals surface area contributed by atoms with Crippen LogP contribution >= 0.6 is 22.9 Å². The molecule has 3 aliphatic rings. The van der Waals surface area contributed by atoms with E-state index in [-0.39, 0.29) is 23.7 Å². The number of ether oxygens (including phenoxy) is 1. The van der Waals surface area contributed by atoms with E-state index in [1.54, 1.807) is 11.3 Å². The van der Waals surface area contributed by atoms with Crippen LogP contribution in [-0.4, -0.2) is 52.1 Å². The monoisotopic (exact) mass is 509 g/mol. The quantitative estimate of drug-likeness (QED) is 0.559. The Morgan fingerprint density at radius 1 is 1.23 bits per heavy atom. The van der Waals surface area contributed by atoms with Gasteiger partial charge < -0.3 is 10.1 Å². The Balaban J connectivity index is 1.43. The van der Waals surface area contributed by atoms with Gasteiger partial charge in [0, 0.05) is 32.9 Å². The average Bonchev–Trinajstić information content (AvgIpc) is 3.31. The van der Waals surface area contributed by atoms with Gasteiger partial charge in [0.2, 0.25) is 0 Å². The van der Waals surface area contributed by atoms with Crippen LogP contribution in [0.1, 0.15) is 58.5 Å². The lowest BCUT2D eigenvalue weighted by Crippen LogP contribution is -2.55. The number of fused-ring (bicyclic) bond motifs is 3. The minimum Gasteiger partial charge on any atom is -0.380 e. The fourth-order valence-electron chi connectivity index (χ4n) is 5.46. The maximum atomic E-state index is 13.6. The Morgan fingerprint density at radius 2 is 2.00 bits per heavy atom. The molecule has 9 heteroatoms. The number of carbonyl (C=O) groups is 1. The molecule has 0 bridgehead atoms. The highest BCUT2D eigenvalue weighted by molar-refractivity contribution is 7.15. The number of hydrogen-bond acceptors (Lipinski definition) is 7. The number of thiophene rings is 1. The van der Waals surface area contributed by atoms with Crippen molar-refractivity contribution in [3.63, 3.8) is 0 Å². The smallest absolute Gasteiger partial charge is 0.163 e. The predicted molar refractivity (Wildman–Crippen MR) is 137 cm³/mol. The van der Waals surface area contributed by atoms with Gasteiger partial charge >= 0.3 is 0 Å². The molecule has 0 amide bonds. The van der Waals surface area contributed by atoms with E-state index in [1.165, 1.54) is 10.4 Å². The molecule has 3 aliphatic heterocycles. The van der Waals surface area contributed by atoms with Crippen molar-refractivity contribution < 1.29 is 9.53 Å². The fourth-order valence-corrected chi connectivity index (χ4v) is 6.80. The minimum atomic E-state index is -0.425. The molecule has 3 aromatic rings. The number of Topliss-reactive ketones (excluding diaryl/α,β-unsaturated/α-hetero) is 1. The zero-order chi connectivity index (χ0) is 24.3. The molecule has 2 atom stereocenters. The highest BCUT2D eigenvalue weighted by Gasteiger charge is 2.45. The first kappa shape index (κ1) is 23.0. The standard InChI is InChI=1S/C26H28ClN5O2S/c1-14-15(2)35-25-22(14)23(17-4-6-18(27)7-5-17)29-19(24-31-30-16(3)32(24)25)10-21(33)20-11-26(8-9-28-20)12-34-13-26/h4-7,19-20,28H,8-13H2,1-3H3/t19-,20?/m0/s1. The number of nitrogens with zero attached hydrogens (tertiary/aromatic N) is 4. The van der Waals surface area contributed by atoms with E-state index in [4.69, 9.17) is 21.3 Å². The average molecular weight is 510 g/mol. The van der Waals surface area contributed by atoms with Gasteiger partial charge in [-0.2, -0.15) is 0 Å². The second-order valence-electron chi connectivity index (χ2n) is 10.0. The SMILES string of the molecule is Cc1sc2c(c1C)C(c1ccc(Cl)cc1)=N[C@@H](CC(=O)C1CC3(CCN1)COC3)c1nnc(C)n1-2. The lowest BCUT2D eigenvalue weighted by atomic mass is 9.73. The maximum Gasteiger partial charge on any atom is 0.163 e. The van der Waals surface area contributed by atoms with Gasteiger partial charge in [0.15, 0.2) is 11.6 Å². The second kappa shape index (κ2) is 8.62. The van der Waals surface area contributed by atoms with Gasteiger partial charge in [0.05, 0.1) is 25.0 Å². The van der Waals surface area contributed by atoms with E-state index in [0.29, 0.717) is 5.02 Å². The van der Waals surface area contributed by atoms with Crippen LogP contribution in [0.2, 0.25) is 5.02 Å². The Bertz CT molecular complexity index is 1340. The van der Waals surface area contributed by atoms with Gasteiger partial charge in [-0.05, 0) is 57.9 Å². The highest BCUT2D eigenvalue weighted by Crippen LogP contribution is 2.41. The van der Waals surface area contributed by atoms with Crippen molar-refractivity contribution in [2.24, 2.45) is 10.4 Å². The molecule has 7 nitrogen and oxygen atoms in total. The van der Waals surface area contributed by atoms with E-state index in [2.05, 4.69) is 33.9 Å². The molecule has 6 rings (SSSR count). The summed E-state index contributed by atoms with van der Waals surface area (Å²) < 4.78 is 7.58. The summed E-state index contributed by atoms with van der Waals surface area (Å²) in [6.45, 7) is 8.57. The second-order valence-corrected chi connectivity index (χ2v) is 11.7. The van der Waals surface area contributed by atoms with Crippen LogP contribution in [0, 0.1) is 26.2 Å². The molecule has 2 fully saturated rings. The van der Waals surface area contributed by atoms with Gasteiger partial charge in [-0.15, -0.1) is 21.5 Å². The van der Waals surface area contributed by atoms with Crippen molar-refractivity contribution in [3.8, 4) is 5.00 Å². The van der Waals surface area contributed by atoms with Gasteiger partial charge in [0.25, 0.3) is 0 Å². The van der Waals surface area contributed by atoms with Crippen LogP contribution in [0.5, 0.6) is 0 Å². The number of halogens is 1. The molecule has 1 N–H and O–H groups in total. The van der Waals surface area contributed by atoms with E-state index in [9.17, 15) is 4.79 Å². The summed E-state index contributed by atoms with van der Waals surface area (Å²) in [5.74, 6) is 1.69. The van der Waals surface area contributed by atoms with Crippen molar-refractivity contribution in [2.75, 3.05) is 19.8 Å². The van der Waals surface area contributed by atoms with Crippen LogP contribution in [-0.2, 0) is 9.53 Å². The Morgan fingerprint density at radius 3 is 2.71 bits per heavy atom. The summed E-state index contributed by atoms with van der Waals surface area (Å²) in [4.78, 5) is 20.1. The van der Waals surface area contributed by atoms with E-state index < -0.39 is 6.04 Å². The number of aryl methyl sites for hydroxylation is 2. The summed E-state index contributed by atoms with van der Waals surface area (Å²) in [7, 11) is 0. The summed E-state index contributed by atoms with van der Waals surface area (Å²) in [5.41, 5.74) is 4.27. The summed E-state index contributed by atoms with van der Waals surface area (Å²) in [5, 5.41) is 14.1. The van der Waals surface area contributed by atoms with Gasteiger partial charge in [-0.3, -0.25) is 14.4 Å². The van der Waals surface area contributed by atoms with E-state index in [0.717, 1.165) is 66.1 Å². The first-order valence-corrected chi connectivity index (χ1v) is 13.2. The molecular weight excluding hydrogens is 482 g/mol. The maximum absolute atomic E-state index is 13.6. The molecule has 5 heterocycles. The molecule has 1 unspecified atom stereocenters. The van der Waals surface area contributed by atoms with E-state index >= 15 is 0 Å². The Kier molecular flexibility index (Phi) is 5.67. The summed E-state index contributed by atoms with van der Waals surface area (Å²) in [6.07, 6.45) is 2.16. The third kappa shape index (κ3) is 3.87. The lowest BCUT2D eigenvalue weighted by Gasteiger charge is -2.47. The normalized spacial score (nSPS) is 22.7. The zero-order valence-corrected chi connectivity index (χ0v) is 21.7. The molecule has 182 valence electrons. The molecular formula is C26H28ClN5O2S. The van der Waals surface area contributed by atoms with Crippen LogP contribution in [0.3, 0.4) is 0 Å². The number of aliphatic imine (C=N–C) groups is 1. The minimum absolute atomic E-state index is 0.155. The third-order valence-corrected chi connectivity index (χ3v) is 9.08. The van der Waals surface area contributed by atoms with Crippen molar-refractivity contribution in [2.45, 2.75) is 52.1 Å². The van der Waals surface area contributed by atoms with Crippen LogP contribution in [0.25, 0.3) is 5.00 Å². The highest BCUT2D eigenvalue weighted by atomic mass is 35.5. The Hall–Kier alpha value is -2.39. The first-order chi connectivity index (χ1) is 16.8. The molecule has 1 spiro atoms. The summed E-state index contributed by atoms with van der Waals surface area (Å²) in [6, 6.07) is 7.16. The van der Waals surface area contributed by atoms with Crippen LogP contribution in [0.4, 0.5) is 0 Å². The topological polar surface area (TPSA) is 81.4 Å². The van der Waals surface area contributed by atoms with Gasteiger partial charge in [-0.25, -0.2) is 0 Å². The number of ketones is 1. The Labute approximate surface area is 213 Å². The van der Waals surface area contributed by atoms with Crippen molar-refractivity contribution in [3.05, 3.63) is 62.5 Å². The lowest BCUT2D eigenvalue weighted by molar-refractivity contribution is -0.143. The number of rotatable bonds is 4. The van der Waals surface area contributed by atoms with Crippen molar-refractivity contribution in [1.82, 2.24) is 20.1 Å². The van der Waals surface area contributed by atoms with Gasteiger partial charge in [0.1, 0.15) is 16.9 Å². The van der Waals surface area contributed by atoms with E-state index in [1.807, 2.05) is 31.2 Å². The number of aromatic nitrogens is 3. The molecule has 2 aromatic heterocycles. The fraction of sp³-hybridized carbons (Fsp3) is 0.462. The molecule has 0 radical (unpaired) electrons. The third-order valence-electron chi connectivity index (χ3n) is 7.64.